The van der Waals surface area contributed by atoms with Crippen LogP contribution >= 0.6 is 0 Å². The van der Waals surface area contributed by atoms with Crippen LogP contribution in [-0.4, -0.2) is 0 Å². The number of hydrogen-bond acceptors (Lipinski definition) is 1. The zero-order chi connectivity index (χ0) is 32.1. The Morgan fingerprint density at radius 3 is 1.27 bits per heavy atom. The van der Waals surface area contributed by atoms with E-state index in [0.29, 0.717) is 0 Å². The van der Waals surface area contributed by atoms with Gasteiger partial charge in [-0.05, 0) is 111 Å². The average Bonchev–Trinajstić information content (AvgIpc) is 3.56. The molecule has 0 amide bonds. The van der Waals surface area contributed by atoms with Crippen LogP contribution in [0.3, 0.4) is 0 Å². The first-order valence-corrected chi connectivity index (χ1v) is 16.9. The highest BCUT2D eigenvalue weighted by molar-refractivity contribution is 6.28. The lowest BCUT2D eigenvalue weighted by Crippen LogP contribution is -1.91. The molecule has 1 nitrogen and oxygen atoms in total. The number of furan rings is 1. The molecule has 0 aliphatic carbocycles. The molecule has 1 heteroatoms. The Bertz CT molecular complexity index is 3070. The minimum Gasteiger partial charge on any atom is -0.456 e. The zero-order valence-electron chi connectivity index (χ0n) is 26.6. The monoisotopic (exact) mass is 620 g/mol. The zero-order valence-corrected chi connectivity index (χ0v) is 26.6. The van der Waals surface area contributed by atoms with Crippen LogP contribution in [0.1, 0.15) is 0 Å². The van der Waals surface area contributed by atoms with Crippen LogP contribution in [-0.2, 0) is 0 Å². The van der Waals surface area contributed by atoms with Crippen molar-refractivity contribution in [3.63, 3.8) is 0 Å². The SMILES string of the molecule is c1ccc2c(c1)oc1ccc3cc(-c4c5ccccc5c(-c5ccc6c7ccccc7c7ccccc7c6c5)c5ccccc45)ccc3c12. The standard InChI is InChI=1S/C48H28O/c1-2-13-35-33(11-1)34-12-3-4-14-36(34)43-28-31(22-25-37(35)43)47-40-17-7-5-15-38(40)46(39-16-6-8-18-41(39)47)30-21-24-32-29(27-30)23-26-45-48(32)42-19-9-10-20-44(42)49-45/h1-28H. The van der Waals surface area contributed by atoms with E-state index in [1.54, 1.807) is 0 Å². The molecule has 11 rings (SSSR count). The van der Waals surface area contributed by atoms with Crippen molar-refractivity contribution >= 4 is 86.6 Å². The van der Waals surface area contributed by atoms with E-state index in [0.717, 1.165) is 16.6 Å². The van der Waals surface area contributed by atoms with E-state index < -0.39 is 0 Å². The summed E-state index contributed by atoms with van der Waals surface area (Å²) in [5, 5.41) is 17.6. The van der Waals surface area contributed by atoms with Crippen molar-refractivity contribution in [1.29, 1.82) is 0 Å². The molecule has 11 aromatic rings. The lowest BCUT2D eigenvalue weighted by molar-refractivity contribution is 0.669. The highest BCUT2D eigenvalue weighted by Crippen LogP contribution is 2.46. The van der Waals surface area contributed by atoms with Gasteiger partial charge in [0.25, 0.3) is 0 Å². The largest absolute Gasteiger partial charge is 0.456 e. The summed E-state index contributed by atoms with van der Waals surface area (Å²) in [5.74, 6) is 0. The Labute approximate surface area is 282 Å². The molecule has 49 heavy (non-hydrogen) atoms. The second kappa shape index (κ2) is 10.0. The van der Waals surface area contributed by atoms with Gasteiger partial charge in [-0.3, -0.25) is 0 Å². The Morgan fingerprint density at radius 1 is 0.265 bits per heavy atom. The van der Waals surface area contributed by atoms with Gasteiger partial charge >= 0.3 is 0 Å². The van der Waals surface area contributed by atoms with Crippen LogP contribution < -0.4 is 0 Å². The third kappa shape index (κ3) is 3.76. The van der Waals surface area contributed by atoms with E-state index in [4.69, 9.17) is 4.42 Å². The Kier molecular flexibility index (Phi) is 5.45. The summed E-state index contributed by atoms with van der Waals surface area (Å²) < 4.78 is 6.22. The Hall–Kier alpha value is -6.44. The third-order valence-electron chi connectivity index (χ3n) is 10.6. The van der Waals surface area contributed by atoms with Gasteiger partial charge in [0.2, 0.25) is 0 Å². The molecule has 226 valence electrons. The first-order valence-electron chi connectivity index (χ1n) is 16.9. The molecule has 0 spiro atoms. The molecule has 0 saturated heterocycles. The molecule has 10 aromatic carbocycles. The number of fused-ring (bicyclic) bond motifs is 13. The van der Waals surface area contributed by atoms with Gasteiger partial charge < -0.3 is 4.42 Å². The predicted octanol–water partition coefficient (Wildman–Crippen LogP) is 13.8. The quantitative estimate of drug-likeness (QED) is 0.138. The molecule has 0 unspecified atom stereocenters. The van der Waals surface area contributed by atoms with Crippen molar-refractivity contribution in [2.45, 2.75) is 0 Å². The lowest BCUT2D eigenvalue weighted by Gasteiger charge is -2.19. The number of hydrogen-bond donors (Lipinski definition) is 0. The topological polar surface area (TPSA) is 13.1 Å². The average molecular weight is 621 g/mol. The van der Waals surface area contributed by atoms with Crippen LogP contribution in [0.2, 0.25) is 0 Å². The molecule has 0 aliphatic heterocycles. The summed E-state index contributed by atoms with van der Waals surface area (Å²) in [6, 6.07) is 62.2. The van der Waals surface area contributed by atoms with Crippen molar-refractivity contribution in [3.05, 3.63) is 170 Å². The summed E-state index contributed by atoms with van der Waals surface area (Å²) in [6.07, 6.45) is 0. The van der Waals surface area contributed by atoms with Crippen LogP contribution in [0.15, 0.2) is 174 Å². The molecule has 0 fully saturated rings. The smallest absolute Gasteiger partial charge is 0.136 e. The van der Waals surface area contributed by atoms with Gasteiger partial charge in [0.1, 0.15) is 11.2 Å². The molecule has 0 radical (unpaired) electrons. The maximum atomic E-state index is 6.22. The number of rotatable bonds is 2. The first-order chi connectivity index (χ1) is 24.3. The van der Waals surface area contributed by atoms with Crippen molar-refractivity contribution in [2.75, 3.05) is 0 Å². The van der Waals surface area contributed by atoms with E-state index in [-0.39, 0.29) is 0 Å². The van der Waals surface area contributed by atoms with Crippen LogP contribution in [0, 0.1) is 0 Å². The molecular weight excluding hydrogens is 593 g/mol. The molecule has 0 atom stereocenters. The van der Waals surface area contributed by atoms with E-state index in [1.807, 2.05) is 6.07 Å². The van der Waals surface area contributed by atoms with Crippen LogP contribution in [0.5, 0.6) is 0 Å². The molecule has 0 bridgehead atoms. The highest BCUT2D eigenvalue weighted by atomic mass is 16.3. The van der Waals surface area contributed by atoms with Gasteiger partial charge in [0.15, 0.2) is 0 Å². The third-order valence-corrected chi connectivity index (χ3v) is 10.6. The van der Waals surface area contributed by atoms with Crippen molar-refractivity contribution in [3.8, 4) is 22.3 Å². The summed E-state index contributed by atoms with van der Waals surface area (Å²) in [4.78, 5) is 0. The fraction of sp³-hybridized carbons (Fsp3) is 0. The Morgan fingerprint density at radius 2 is 0.694 bits per heavy atom. The van der Waals surface area contributed by atoms with Crippen LogP contribution in [0.4, 0.5) is 0 Å². The maximum Gasteiger partial charge on any atom is 0.136 e. The second-order valence-electron chi connectivity index (χ2n) is 13.2. The Balaban J connectivity index is 1.20. The lowest BCUT2D eigenvalue weighted by atomic mass is 9.84. The van der Waals surface area contributed by atoms with Gasteiger partial charge in [0, 0.05) is 10.8 Å². The van der Waals surface area contributed by atoms with Crippen molar-refractivity contribution in [2.24, 2.45) is 0 Å². The van der Waals surface area contributed by atoms with Gasteiger partial charge in [-0.15, -0.1) is 0 Å². The summed E-state index contributed by atoms with van der Waals surface area (Å²) in [6.45, 7) is 0. The molecule has 0 aliphatic rings. The van der Waals surface area contributed by atoms with E-state index >= 15 is 0 Å². The molecule has 1 aromatic heterocycles. The maximum absolute atomic E-state index is 6.22. The minimum atomic E-state index is 0.927. The minimum absolute atomic E-state index is 0.927. The van der Waals surface area contributed by atoms with Gasteiger partial charge in [-0.1, -0.05) is 146 Å². The first kappa shape index (κ1) is 26.6. The van der Waals surface area contributed by atoms with Crippen molar-refractivity contribution in [1.82, 2.24) is 0 Å². The molecule has 1 heterocycles. The fourth-order valence-corrected chi connectivity index (χ4v) is 8.52. The van der Waals surface area contributed by atoms with Gasteiger partial charge in [-0.2, -0.15) is 0 Å². The van der Waals surface area contributed by atoms with Crippen molar-refractivity contribution < 1.29 is 4.42 Å². The number of benzene rings is 10. The summed E-state index contributed by atoms with van der Waals surface area (Å²) >= 11 is 0. The van der Waals surface area contributed by atoms with Gasteiger partial charge in [-0.25, -0.2) is 0 Å². The molecule has 0 saturated carbocycles. The molecule has 0 N–H and O–H groups in total. The molecular formula is C48H28O. The summed E-state index contributed by atoms with van der Waals surface area (Å²) in [5.41, 5.74) is 6.86. The fourth-order valence-electron chi connectivity index (χ4n) is 8.52. The van der Waals surface area contributed by atoms with E-state index in [1.165, 1.54) is 92.3 Å². The predicted molar refractivity (Wildman–Crippen MR) is 210 cm³/mol. The second-order valence-corrected chi connectivity index (χ2v) is 13.2. The van der Waals surface area contributed by atoms with Crippen LogP contribution in [0.25, 0.3) is 109 Å². The highest BCUT2D eigenvalue weighted by Gasteiger charge is 2.19. The number of para-hydroxylation sites is 1. The van der Waals surface area contributed by atoms with E-state index in [2.05, 4.69) is 164 Å². The van der Waals surface area contributed by atoms with E-state index in [9.17, 15) is 0 Å². The van der Waals surface area contributed by atoms with Gasteiger partial charge in [0.05, 0.1) is 0 Å². The summed E-state index contributed by atoms with van der Waals surface area (Å²) in [7, 11) is 0. The normalized spacial score (nSPS) is 12.1.